The first-order valence-corrected chi connectivity index (χ1v) is 4.08. The molecular weight excluding hydrogens is 140 g/mol. The molecule has 2 heteroatoms. The summed E-state index contributed by atoms with van der Waals surface area (Å²) in [5, 5.41) is 19.1. The van der Waals surface area contributed by atoms with Gasteiger partial charge in [-0.2, -0.15) is 0 Å². The molecule has 0 heterocycles. The second-order valence-electron chi connectivity index (χ2n) is 3.79. The Morgan fingerprint density at radius 3 is 2.64 bits per heavy atom. The summed E-state index contributed by atoms with van der Waals surface area (Å²) in [6.07, 6.45) is 4.41. The van der Waals surface area contributed by atoms with Crippen molar-refractivity contribution in [3.8, 4) is 0 Å². The number of aliphatic hydroxyl groups is 2. The van der Waals surface area contributed by atoms with Gasteiger partial charge in [0.2, 0.25) is 0 Å². The molecule has 0 aromatic carbocycles. The second kappa shape index (κ2) is 2.95. The van der Waals surface area contributed by atoms with E-state index in [2.05, 4.69) is 0 Å². The fourth-order valence-corrected chi connectivity index (χ4v) is 1.30. The van der Waals surface area contributed by atoms with E-state index in [0.717, 1.165) is 12.8 Å². The smallest absolute Gasteiger partial charge is 0.0796 e. The Balaban J connectivity index is 2.78. The van der Waals surface area contributed by atoms with Crippen LogP contribution in [-0.2, 0) is 0 Å². The summed E-state index contributed by atoms with van der Waals surface area (Å²) in [6, 6.07) is 0. The van der Waals surface area contributed by atoms with Crippen LogP contribution in [0, 0.1) is 5.41 Å². The monoisotopic (exact) mass is 156 g/mol. The molecule has 64 valence electrons. The molecule has 0 aliphatic heterocycles. The molecule has 0 saturated heterocycles. The Labute approximate surface area is 67.6 Å². The topological polar surface area (TPSA) is 40.5 Å². The van der Waals surface area contributed by atoms with Crippen LogP contribution in [0.2, 0.25) is 0 Å². The standard InChI is InChI=1S/C9H16O2/c1-9(2)7(10)5-3-4-6-8(9)11/h3,5,7-8,10-11H,4,6H2,1-2H3/t7-,8-/m1/s1. The quantitative estimate of drug-likeness (QED) is 0.515. The van der Waals surface area contributed by atoms with E-state index < -0.39 is 17.6 Å². The molecule has 11 heavy (non-hydrogen) atoms. The maximum atomic E-state index is 9.59. The van der Waals surface area contributed by atoms with Crippen molar-refractivity contribution < 1.29 is 10.2 Å². The van der Waals surface area contributed by atoms with Crippen LogP contribution in [-0.4, -0.2) is 22.4 Å². The Hall–Kier alpha value is -0.340. The van der Waals surface area contributed by atoms with Crippen LogP contribution in [0.1, 0.15) is 26.7 Å². The van der Waals surface area contributed by atoms with Crippen molar-refractivity contribution >= 4 is 0 Å². The van der Waals surface area contributed by atoms with Gasteiger partial charge in [0.05, 0.1) is 12.2 Å². The Bertz CT molecular complexity index is 161. The van der Waals surface area contributed by atoms with Crippen LogP contribution in [0.15, 0.2) is 12.2 Å². The molecule has 0 fully saturated rings. The molecule has 1 aliphatic carbocycles. The number of allylic oxidation sites excluding steroid dienone is 1. The molecule has 0 radical (unpaired) electrons. The van der Waals surface area contributed by atoms with Crippen molar-refractivity contribution in [3.05, 3.63) is 12.2 Å². The molecule has 2 atom stereocenters. The lowest BCUT2D eigenvalue weighted by atomic mass is 9.80. The van der Waals surface area contributed by atoms with Gasteiger partial charge in [-0.15, -0.1) is 0 Å². The number of aliphatic hydroxyl groups excluding tert-OH is 2. The van der Waals surface area contributed by atoms with Gasteiger partial charge in [0.15, 0.2) is 0 Å². The zero-order valence-electron chi connectivity index (χ0n) is 7.12. The minimum atomic E-state index is -0.514. The van der Waals surface area contributed by atoms with Gasteiger partial charge in [-0.05, 0) is 12.8 Å². The fourth-order valence-electron chi connectivity index (χ4n) is 1.30. The van der Waals surface area contributed by atoms with E-state index in [-0.39, 0.29) is 0 Å². The van der Waals surface area contributed by atoms with Gasteiger partial charge in [-0.1, -0.05) is 26.0 Å². The normalized spacial score (nSPS) is 36.7. The molecule has 0 aromatic heterocycles. The van der Waals surface area contributed by atoms with Crippen molar-refractivity contribution in [2.24, 2.45) is 5.41 Å². The Morgan fingerprint density at radius 1 is 1.36 bits per heavy atom. The summed E-state index contributed by atoms with van der Waals surface area (Å²) in [5.41, 5.74) is -0.396. The summed E-state index contributed by atoms with van der Waals surface area (Å²) in [5.74, 6) is 0. The molecule has 0 aromatic rings. The van der Waals surface area contributed by atoms with E-state index >= 15 is 0 Å². The van der Waals surface area contributed by atoms with Gasteiger partial charge in [-0.25, -0.2) is 0 Å². The van der Waals surface area contributed by atoms with Crippen LogP contribution < -0.4 is 0 Å². The lowest BCUT2D eigenvalue weighted by molar-refractivity contribution is -0.0253. The highest BCUT2D eigenvalue weighted by Gasteiger charge is 2.34. The maximum absolute atomic E-state index is 9.59. The summed E-state index contributed by atoms with van der Waals surface area (Å²) < 4.78 is 0. The van der Waals surface area contributed by atoms with E-state index in [1.165, 1.54) is 0 Å². The zero-order chi connectivity index (χ0) is 8.48. The van der Waals surface area contributed by atoms with Gasteiger partial charge in [0.25, 0.3) is 0 Å². The summed E-state index contributed by atoms with van der Waals surface area (Å²) in [4.78, 5) is 0. The van der Waals surface area contributed by atoms with E-state index in [9.17, 15) is 10.2 Å². The predicted octanol–water partition coefficient (Wildman–Crippen LogP) is 1.08. The Morgan fingerprint density at radius 2 is 2.00 bits per heavy atom. The zero-order valence-corrected chi connectivity index (χ0v) is 7.12. The molecule has 0 spiro atoms. The number of hydrogen-bond acceptors (Lipinski definition) is 2. The average molecular weight is 156 g/mol. The van der Waals surface area contributed by atoms with Gasteiger partial charge >= 0.3 is 0 Å². The highest BCUT2D eigenvalue weighted by atomic mass is 16.3. The average Bonchev–Trinajstić information content (AvgIpc) is 2.03. The molecular formula is C9H16O2. The van der Waals surface area contributed by atoms with Gasteiger partial charge in [0.1, 0.15) is 0 Å². The van der Waals surface area contributed by atoms with Crippen LogP contribution in [0.3, 0.4) is 0 Å². The van der Waals surface area contributed by atoms with E-state index in [1.54, 1.807) is 6.08 Å². The van der Waals surface area contributed by atoms with Crippen LogP contribution in [0.4, 0.5) is 0 Å². The molecule has 1 aliphatic rings. The molecule has 0 amide bonds. The van der Waals surface area contributed by atoms with Gasteiger partial charge < -0.3 is 10.2 Å². The van der Waals surface area contributed by atoms with Crippen LogP contribution >= 0.6 is 0 Å². The van der Waals surface area contributed by atoms with Crippen molar-refractivity contribution in [1.29, 1.82) is 0 Å². The van der Waals surface area contributed by atoms with Crippen LogP contribution in [0.25, 0.3) is 0 Å². The molecule has 0 bridgehead atoms. The third kappa shape index (κ3) is 1.63. The summed E-state index contributed by atoms with van der Waals surface area (Å²) in [7, 11) is 0. The minimum Gasteiger partial charge on any atom is -0.392 e. The van der Waals surface area contributed by atoms with E-state index in [0.29, 0.717) is 0 Å². The predicted molar refractivity (Wildman–Crippen MR) is 44.2 cm³/mol. The third-order valence-corrected chi connectivity index (χ3v) is 2.55. The molecule has 1 rings (SSSR count). The third-order valence-electron chi connectivity index (χ3n) is 2.55. The first-order chi connectivity index (χ1) is 5.05. The van der Waals surface area contributed by atoms with Crippen molar-refractivity contribution in [3.63, 3.8) is 0 Å². The second-order valence-corrected chi connectivity index (χ2v) is 3.79. The van der Waals surface area contributed by atoms with E-state index in [4.69, 9.17) is 0 Å². The molecule has 0 saturated carbocycles. The van der Waals surface area contributed by atoms with Crippen molar-refractivity contribution in [1.82, 2.24) is 0 Å². The largest absolute Gasteiger partial charge is 0.392 e. The van der Waals surface area contributed by atoms with Crippen molar-refractivity contribution in [2.45, 2.75) is 38.9 Å². The SMILES string of the molecule is CC1(C)[C@H](O)C=CCC[C@H]1O. The molecule has 2 N–H and O–H groups in total. The summed E-state index contributed by atoms with van der Waals surface area (Å²) in [6.45, 7) is 3.77. The minimum absolute atomic E-state index is 0.396. The van der Waals surface area contributed by atoms with Gasteiger partial charge in [-0.3, -0.25) is 0 Å². The number of rotatable bonds is 0. The van der Waals surface area contributed by atoms with E-state index in [1.807, 2.05) is 19.9 Å². The van der Waals surface area contributed by atoms with Crippen molar-refractivity contribution in [2.75, 3.05) is 0 Å². The lowest BCUT2D eigenvalue weighted by Gasteiger charge is -2.32. The highest BCUT2D eigenvalue weighted by Crippen LogP contribution is 2.31. The lowest BCUT2D eigenvalue weighted by Crippen LogP contribution is -2.38. The fraction of sp³-hybridized carbons (Fsp3) is 0.778. The molecule has 2 nitrogen and oxygen atoms in total. The summed E-state index contributed by atoms with van der Waals surface area (Å²) >= 11 is 0. The highest BCUT2D eigenvalue weighted by molar-refractivity contribution is 5.02. The maximum Gasteiger partial charge on any atom is 0.0796 e. The first-order valence-electron chi connectivity index (χ1n) is 4.08. The Kier molecular flexibility index (Phi) is 2.35. The number of hydrogen-bond donors (Lipinski definition) is 2. The van der Waals surface area contributed by atoms with Gasteiger partial charge in [0, 0.05) is 5.41 Å². The first kappa shape index (κ1) is 8.75. The van der Waals surface area contributed by atoms with Crippen LogP contribution in [0.5, 0.6) is 0 Å². The molecule has 0 unspecified atom stereocenters.